The lowest BCUT2D eigenvalue weighted by Crippen LogP contribution is -2.27. The van der Waals surface area contributed by atoms with Gasteiger partial charge in [0.05, 0.1) is 18.9 Å². The van der Waals surface area contributed by atoms with Crippen molar-refractivity contribution in [1.29, 1.82) is 0 Å². The largest absolute Gasteiger partial charge is 0.494 e. The molecule has 0 atom stereocenters. The Balaban J connectivity index is 1.68. The van der Waals surface area contributed by atoms with Crippen molar-refractivity contribution in [3.8, 4) is 17.1 Å². The van der Waals surface area contributed by atoms with Crippen LogP contribution < -0.4 is 4.74 Å². The van der Waals surface area contributed by atoms with E-state index in [1.54, 1.807) is 6.07 Å². The third-order valence-electron chi connectivity index (χ3n) is 4.16. The minimum Gasteiger partial charge on any atom is -0.494 e. The molecular formula is C20H23N3O4S. The van der Waals surface area contributed by atoms with Gasteiger partial charge < -0.3 is 9.26 Å². The fourth-order valence-electron chi connectivity index (χ4n) is 2.71. The molecule has 0 aliphatic carbocycles. The van der Waals surface area contributed by atoms with E-state index in [0.717, 1.165) is 22.4 Å². The lowest BCUT2D eigenvalue weighted by molar-refractivity contribution is 0.336. The zero-order chi connectivity index (χ0) is 20.1. The van der Waals surface area contributed by atoms with Gasteiger partial charge in [-0.3, -0.25) is 0 Å². The normalized spacial score (nSPS) is 11.7. The summed E-state index contributed by atoms with van der Waals surface area (Å²) in [6.07, 6.45) is 0. The van der Waals surface area contributed by atoms with E-state index in [1.807, 2.05) is 56.3 Å². The molecule has 8 heteroatoms. The molecule has 2 aromatic carbocycles. The standard InChI is InChI=1S/C20H23N3O4S/c1-4-26-18-10-8-17(9-11-18)20-21-19(27-22-20)13-23(3)28(24,25)14-16-7-5-6-15(2)12-16/h5-12H,4,13-14H2,1-3H3. The van der Waals surface area contributed by atoms with Crippen LogP contribution in [-0.2, 0) is 22.3 Å². The Morgan fingerprint density at radius 2 is 1.89 bits per heavy atom. The van der Waals surface area contributed by atoms with Gasteiger partial charge in [0.25, 0.3) is 0 Å². The van der Waals surface area contributed by atoms with Crippen LogP contribution in [0.2, 0.25) is 0 Å². The summed E-state index contributed by atoms with van der Waals surface area (Å²) >= 11 is 0. The van der Waals surface area contributed by atoms with Crippen LogP contribution in [0.25, 0.3) is 11.4 Å². The summed E-state index contributed by atoms with van der Waals surface area (Å²) in [6, 6.07) is 14.8. The second-order valence-electron chi connectivity index (χ2n) is 6.47. The van der Waals surface area contributed by atoms with Crippen molar-refractivity contribution in [2.75, 3.05) is 13.7 Å². The van der Waals surface area contributed by atoms with Crippen molar-refractivity contribution >= 4 is 10.0 Å². The van der Waals surface area contributed by atoms with Gasteiger partial charge in [-0.25, -0.2) is 8.42 Å². The molecule has 0 fully saturated rings. The maximum atomic E-state index is 12.6. The molecule has 0 amide bonds. The predicted octanol–water partition coefficient (Wildman–Crippen LogP) is 3.41. The van der Waals surface area contributed by atoms with E-state index in [0.29, 0.717) is 12.4 Å². The fourth-order valence-corrected chi connectivity index (χ4v) is 3.84. The quantitative estimate of drug-likeness (QED) is 0.575. The van der Waals surface area contributed by atoms with E-state index in [4.69, 9.17) is 9.26 Å². The molecule has 0 aliphatic rings. The summed E-state index contributed by atoms with van der Waals surface area (Å²) in [7, 11) is -2.00. The molecule has 0 saturated carbocycles. The molecule has 0 aliphatic heterocycles. The zero-order valence-electron chi connectivity index (χ0n) is 16.1. The summed E-state index contributed by atoms with van der Waals surface area (Å²) in [4.78, 5) is 4.31. The molecule has 0 N–H and O–H groups in total. The molecule has 3 aromatic rings. The number of hydrogen-bond acceptors (Lipinski definition) is 6. The Kier molecular flexibility index (Phi) is 6.11. The second-order valence-corrected chi connectivity index (χ2v) is 8.55. The monoisotopic (exact) mass is 401 g/mol. The highest BCUT2D eigenvalue weighted by atomic mass is 32.2. The smallest absolute Gasteiger partial charge is 0.242 e. The van der Waals surface area contributed by atoms with Crippen LogP contribution in [0.3, 0.4) is 0 Å². The Bertz CT molecular complexity index is 1030. The molecule has 0 radical (unpaired) electrons. The lowest BCUT2D eigenvalue weighted by Gasteiger charge is -2.15. The molecule has 0 unspecified atom stereocenters. The first kappa shape index (κ1) is 20.0. The first-order valence-corrected chi connectivity index (χ1v) is 10.5. The van der Waals surface area contributed by atoms with Crippen LogP contribution in [0.15, 0.2) is 53.1 Å². The van der Waals surface area contributed by atoms with Gasteiger partial charge in [0, 0.05) is 12.6 Å². The summed E-state index contributed by atoms with van der Waals surface area (Å²) in [5.74, 6) is 1.32. The SMILES string of the molecule is CCOc1ccc(-c2noc(CN(C)S(=O)(=O)Cc3cccc(C)c3)n2)cc1. The van der Waals surface area contributed by atoms with Gasteiger partial charge in [-0.05, 0) is 43.7 Å². The third kappa shape index (κ3) is 4.96. The van der Waals surface area contributed by atoms with Gasteiger partial charge in [0.2, 0.25) is 21.7 Å². The number of hydrogen-bond donors (Lipinski definition) is 0. The Morgan fingerprint density at radius 3 is 2.57 bits per heavy atom. The third-order valence-corrected chi connectivity index (χ3v) is 5.93. The summed E-state index contributed by atoms with van der Waals surface area (Å²) < 4.78 is 37.1. The van der Waals surface area contributed by atoms with Crippen LogP contribution >= 0.6 is 0 Å². The Labute approximate surface area is 165 Å². The van der Waals surface area contributed by atoms with Gasteiger partial charge in [-0.1, -0.05) is 35.0 Å². The van der Waals surface area contributed by atoms with Crippen molar-refractivity contribution in [3.63, 3.8) is 0 Å². The number of benzene rings is 2. The minimum absolute atomic E-state index is 0.0121. The van der Waals surface area contributed by atoms with E-state index in [9.17, 15) is 8.42 Å². The summed E-state index contributed by atoms with van der Waals surface area (Å²) in [5, 5.41) is 3.94. The molecule has 7 nitrogen and oxygen atoms in total. The Hall–Kier alpha value is -2.71. The number of aromatic nitrogens is 2. The summed E-state index contributed by atoms with van der Waals surface area (Å²) in [6.45, 7) is 4.46. The Morgan fingerprint density at radius 1 is 1.14 bits per heavy atom. The van der Waals surface area contributed by atoms with E-state index in [-0.39, 0.29) is 18.2 Å². The van der Waals surface area contributed by atoms with E-state index >= 15 is 0 Å². The molecule has 0 bridgehead atoms. The van der Waals surface area contributed by atoms with Gasteiger partial charge in [-0.15, -0.1) is 0 Å². The predicted molar refractivity (Wildman–Crippen MR) is 106 cm³/mol. The molecule has 1 heterocycles. The van der Waals surface area contributed by atoms with Crippen molar-refractivity contribution in [3.05, 3.63) is 65.5 Å². The van der Waals surface area contributed by atoms with Crippen LogP contribution in [-0.4, -0.2) is 36.5 Å². The molecule has 0 saturated heterocycles. The van der Waals surface area contributed by atoms with Crippen molar-refractivity contribution in [2.45, 2.75) is 26.1 Å². The first-order valence-electron chi connectivity index (χ1n) is 8.93. The molecule has 3 rings (SSSR count). The van der Waals surface area contributed by atoms with Gasteiger partial charge in [-0.2, -0.15) is 9.29 Å². The van der Waals surface area contributed by atoms with E-state index in [1.165, 1.54) is 11.4 Å². The maximum Gasteiger partial charge on any atom is 0.242 e. The topological polar surface area (TPSA) is 85.5 Å². The number of nitrogens with zero attached hydrogens (tertiary/aromatic N) is 3. The number of ether oxygens (including phenoxy) is 1. The highest BCUT2D eigenvalue weighted by Gasteiger charge is 2.21. The second kappa shape index (κ2) is 8.53. The minimum atomic E-state index is -3.51. The number of sulfonamides is 1. The number of rotatable bonds is 8. The van der Waals surface area contributed by atoms with Crippen molar-refractivity contribution in [2.24, 2.45) is 0 Å². The first-order chi connectivity index (χ1) is 13.4. The molecular weight excluding hydrogens is 378 g/mol. The van der Waals surface area contributed by atoms with Crippen molar-refractivity contribution < 1.29 is 17.7 Å². The van der Waals surface area contributed by atoms with Crippen LogP contribution in [0, 0.1) is 6.92 Å². The fraction of sp³-hybridized carbons (Fsp3) is 0.300. The van der Waals surface area contributed by atoms with Crippen LogP contribution in [0.4, 0.5) is 0 Å². The van der Waals surface area contributed by atoms with Gasteiger partial charge in [0.15, 0.2) is 0 Å². The molecule has 1 aromatic heterocycles. The maximum absolute atomic E-state index is 12.6. The highest BCUT2D eigenvalue weighted by molar-refractivity contribution is 7.88. The highest BCUT2D eigenvalue weighted by Crippen LogP contribution is 2.21. The molecule has 0 spiro atoms. The number of aryl methyl sites for hydroxylation is 1. The molecule has 28 heavy (non-hydrogen) atoms. The van der Waals surface area contributed by atoms with Crippen LogP contribution in [0.1, 0.15) is 23.9 Å². The summed E-state index contributed by atoms with van der Waals surface area (Å²) in [5.41, 5.74) is 2.53. The van der Waals surface area contributed by atoms with Crippen LogP contribution in [0.5, 0.6) is 5.75 Å². The molecule has 148 valence electrons. The average Bonchev–Trinajstić information content (AvgIpc) is 3.11. The van der Waals surface area contributed by atoms with Gasteiger partial charge in [0.1, 0.15) is 5.75 Å². The zero-order valence-corrected chi connectivity index (χ0v) is 16.9. The van der Waals surface area contributed by atoms with Crippen molar-refractivity contribution in [1.82, 2.24) is 14.4 Å². The van der Waals surface area contributed by atoms with E-state index in [2.05, 4.69) is 10.1 Å². The van der Waals surface area contributed by atoms with E-state index < -0.39 is 10.0 Å². The lowest BCUT2D eigenvalue weighted by atomic mass is 10.2. The van der Waals surface area contributed by atoms with Gasteiger partial charge >= 0.3 is 0 Å². The average molecular weight is 401 g/mol.